The van der Waals surface area contributed by atoms with Crippen molar-refractivity contribution in [3.8, 4) is 33.6 Å². The first-order valence-corrected chi connectivity index (χ1v) is 19.8. The fourth-order valence-electron chi connectivity index (χ4n) is 7.82. The first kappa shape index (κ1) is 42.8. The molecule has 2 aliphatic rings. The molecule has 17 heteroatoms. The van der Waals surface area contributed by atoms with Crippen LogP contribution in [0, 0.1) is 17.8 Å². The number of ether oxygens (including phenoxy) is 3. The summed E-state index contributed by atoms with van der Waals surface area (Å²) in [6, 6.07) is 13.6. The summed E-state index contributed by atoms with van der Waals surface area (Å²) in [5, 5.41) is 5.28. The number of hydrogen-bond donors (Lipinski definition) is 4. The Balaban J connectivity index is 1.13. The van der Waals surface area contributed by atoms with Crippen LogP contribution >= 0.6 is 0 Å². The standard InChI is InChI=1S/C42H52F2N8O7/c1-23(2)34(49-41(55)57-5)38(53)51-17-7-8-32(51)36-45-19-30(47-36)28-13-9-26(10-14-28)27-11-15-29(16-12-27)31-20-46-37(48-31)33-18-25(22-59-40(43)44)21-52(33)39(54)35(24(3)4)50-42(56)58-6/h9-16,19-20,23-25,32-35,40H,7-8,17-18,21-22H2,1-6H3,(H,45,47)(H,46,48)(H,49,55)(H,50,56)/t25-,32+,33+,34+,35?/m1/s1. The summed E-state index contributed by atoms with van der Waals surface area (Å²) in [6.07, 6.45) is 3.98. The molecule has 15 nitrogen and oxygen atoms in total. The van der Waals surface area contributed by atoms with Crippen LogP contribution in [0.2, 0.25) is 0 Å². The van der Waals surface area contributed by atoms with Gasteiger partial charge in [-0.05, 0) is 53.4 Å². The molecule has 4 heterocycles. The lowest BCUT2D eigenvalue weighted by Crippen LogP contribution is -2.51. The number of nitrogens with zero attached hydrogens (tertiary/aromatic N) is 4. The van der Waals surface area contributed by atoms with Crippen LogP contribution in [0.5, 0.6) is 0 Å². The monoisotopic (exact) mass is 818 g/mol. The Morgan fingerprint density at radius 2 is 1.19 bits per heavy atom. The Hall–Kier alpha value is -5.84. The van der Waals surface area contributed by atoms with E-state index in [2.05, 4.69) is 35.3 Å². The van der Waals surface area contributed by atoms with Crippen molar-refractivity contribution in [2.24, 2.45) is 17.8 Å². The number of halogens is 2. The molecule has 0 spiro atoms. The number of nitrogens with one attached hydrogen (secondary N) is 4. The molecule has 6 rings (SSSR count). The highest BCUT2D eigenvalue weighted by Crippen LogP contribution is 2.37. The molecular weight excluding hydrogens is 767 g/mol. The number of amides is 4. The second-order valence-electron chi connectivity index (χ2n) is 15.6. The summed E-state index contributed by atoms with van der Waals surface area (Å²) in [6.45, 7) is 4.93. The van der Waals surface area contributed by atoms with E-state index in [1.54, 1.807) is 36.0 Å². The van der Waals surface area contributed by atoms with Gasteiger partial charge in [0.1, 0.15) is 23.7 Å². The Kier molecular flexibility index (Phi) is 13.6. The molecule has 0 radical (unpaired) electrons. The predicted molar refractivity (Wildman–Crippen MR) is 214 cm³/mol. The van der Waals surface area contributed by atoms with Crippen LogP contribution in [0.25, 0.3) is 33.6 Å². The molecule has 4 aromatic rings. The number of aromatic amines is 2. The van der Waals surface area contributed by atoms with Gasteiger partial charge in [0.2, 0.25) is 11.8 Å². The number of alkyl carbamates (subject to hydrolysis) is 2. The van der Waals surface area contributed by atoms with Crippen molar-refractivity contribution in [3.05, 3.63) is 72.6 Å². The third-order valence-corrected chi connectivity index (χ3v) is 11.0. The van der Waals surface area contributed by atoms with Gasteiger partial charge in [0, 0.05) is 19.0 Å². The molecule has 4 N–H and O–H groups in total. The molecule has 5 atom stereocenters. The van der Waals surface area contributed by atoms with E-state index in [1.807, 2.05) is 62.4 Å². The zero-order valence-corrected chi connectivity index (χ0v) is 34.0. The predicted octanol–water partition coefficient (Wildman–Crippen LogP) is 6.69. The number of hydrogen-bond acceptors (Lipinski definition) is 9. The van der Waals surface area contributed by atoms with E-state index in [9.17, 15) is 28.0 Å². The first-order valence-electron chi connectivity index (χ1n) is 19.8. The number of aromatic nitrogens is 4. The minimum absolute atomic E-state index is 0.128. The summed E-state index contributed by atoms with van der Waals surface area (Å²) < 4.78 is 40.0. The molecule has 0 aliphatic carbocycles. The molecule has 59 heavy (non-hydrogen) atoms. The summed E-state index contributed by atoms with van der Waals surface area (Å²) in [4.78, 5) is 70.7. The van der Waals surface area contributed by atoms with Gasteiger partial charge in [-0.25, -0.2) is 19.6 Å². The fraction of sp³-hybridized carbons (Fsp3) is 0.476. The van der Waals surface area contributed by atoms with Crippen LogP contribution in [0.3, 0.4) is 0 Å². The van der Waals surface area contributed by atoms with E-state index in [0.29, 0.717) is 30.3 Å². The van der Waals surface area contributed by atoms with Gasteiger partial charge in [-0.3, -0.25) is 9.59 Å². The number of H-pyrrole nitrogens is 2. The van der Waals surface area contributed by atoms with Crippen molar-refractivity contribution >= 4 is 24.0 Å². The molecule has 2 aromatic carbocycles. The minimum Gasteiger partial charge on any atom is -0.453 e. The Labute approximate surface area is 341 Å². The lowest BCUT2D eigenvalue weighted by Gasteiger charge is -2.30. The van der Waals surface area contributed by atoms with E-state index in [-0.39, 0.29) is 48.8 Å². The van der Waals surface area contributed by atoms with Crippen LogP contribution in [-0.2, 0) is 23.8 Å². The zero-order valence-electron chi connectivity index (χ0n) is 34.0. The van der Waals surface area contributed by atoms with Gasteiger partial charge in [0.25, 0.3) is 0 Å². The molecular formula is C42H52F2N8O7. The molecule has 0 saturated carbocycles. The van der Waals surface area contributed by atoms with Crippen molar-refractivity contribution in [3.63, 3.8) is 0 Å². The third kappa shape index (κ3) is 9.90. The normalized spacial score (nSPS) is 19.0. The molecule has 4 amide bonds. The summed E-state index contributed by atoms with van der Waals surface area (Å²) in [5.74, 6) is -0.108. The highest BCUT2D eigenvalue weighted by atomic mass is 19.3. The maximum absolute atomic E-state index is 13.8. The van der Waals surface area contributed by atoms with Crippen molar-refractivity contribution in [1.82, 2.24) is 40.4 Å². The number of rotatable bonds is 14. The number of imidazole rings is 2. The van der Waals surface area contributed by atoms with E-state index >= 15 is 0 Å². The quantitative estimate of drug-likeness (QED) is 0.108. The second kappa shape index (κ2) is 18.8. The lowest BCUT2D eigenvalue weighted by molar-refractivity contribution is -0.139. The van der Waals surface area contributed by atoms with E-state index < -0.39 is 36.9 Å². The average Bonchev–Trinajstić information content (AvgIpc) is 4.07. The highest BCUT2D eigenvalue weighted by Gasteiger charge is 2.42. The smallest absolute Gasteiger partial charge is 0.407 e. The number of carbonyl (C=O) groups is 4. The second-order valence-corrected chi connectivity index (χ2v) is 15.6. The van der Waals surface area contributed by atoms with E-state index in [4.69, 9.17) is 9.47 Å². The van der Waals surface area contributed by atoms with E-state index in [1.165, 1.54) is 14.2 Å². The molecule has 2 fully saturated rings. The van der Waals surface area contributed by atoms with Crippen molar-refractivity contribution in [1.29, 1.82) is 0 Å². The Morgan fingerprint density at radius 3 is 1.64 bits per heavy atom. The number of alkyl halides is 2. The largest absolute Gasteiger partial charge is 0.453 e. The fourth-order valence-corrected chi connectivity index (χ4v) is 7.82. The van der Waals surface area contributed by atoms with Gasteiger partial charge in [-0.15, -0.1) is 0 Å². The number of carbonyl (C=O) groups excluding carboxylic acids is 4. The lowest BCUT2D eigenvalue weighted by atomic mass is 10.0. The van der Waals surface area contributed by atoms with Gasteiger partial charge in [-0.2, -0.15) is 8.78 Å². The molecule has 2 saturated heterocycles. The maximum Gasteiger partial charge on any atom is 0.407 e. The van der Waals surface area contributed by atoms with Gasteiger partial charge >= 0.3 is 18.8 Å². The zero-order chi connectivity index (χ0) is 42.4. The molecule has 2 aromatic heterocycles. The van der Waals surface area contributed by atoms with Crippen molar-refractivity contribution in [2.45, 2.75) is 77.7 Å². The van der Waals surface area contributed by atoms with E-state index in [0.717, 1.165) is 40.8 Å². The van der Waals surface area contributed by atoms with Crippen LogP contribution in [0.15, 0.2) is 60.9 Å². The number of likely N-dealkylation sites (tertiary alicyclic amines) is 2. The summed E-state index contributed by atoms with van der Waals surface area (Å²) >= 11 is 0. The third-order valence-electron chi connectivity index (χ3n) is 11.0. The molecule has 1 unspecified atom stereocenters. The van der Waals surface area contributed by atoms with Crippen molar-refractivity contribution in [2.75, 3.05) is 33.9 Å². The minimum atomic E-state index is -2.93. The number of methoxy groups -OCH3 is 2. The first-order chi connectivity index (χ1) is 28.3. The number of benzene rings is 2. The molecule has 316 valence electrons. The summed E-state index contributed by atoms with van der Waals surface area (Å²) in [5.41, 5.74) is 5.30. The Morgan fingerprint density at radius 1 is 0.729 bits per heavy atom. The van der Waals surface area contributed by atoms with Crippen LogP contribution in [0.1, 0.15) is 70.7 Å². The van der Waals surface area contributed by atoms with Gasteiger partial charge in [0.05, 0.1) is 56.7 Å². The topological polar surface area (TPSA) is 184 Å². The SMILES string of the molecule is COC(=O)NC(C(=O)N1C[C@H](COC(F)F)C[C@H]1c1ncc(-c2ccc(-c3ccc(-c4cnc([C@@H]5CCCN5C(=O)[C@@H](NC(=O)OC)C(C)C)[nH]4)cc3)cc2)[nH]1)C(C)C. The van der Waals surface area contributed by atoms with Crippen LogP contribution in [-0.4, -0.2) is 106 Å². The average molecular weight is 819 g/mol. The van der Waals surface area contributed by atoms with Crippen LogP contribution in [0.4, 0.5) is 18.4 Å². The molecule has 2 aliphatic heterocycles. The maximum atomic E-state index is 13.8. The van der Waals surface area contributed by atoms with Gasteiger partial charge < -0.3 is 44.6 Å². The molecule has 0 bridgehead atoms. The van der Waals surface area contributed by atoms with Crippen molar-refractivity contribution < 1.29 is 42.2 Å². The van der Waals surface area contributed by atoms with Gasteiger partial charge in [0.15, 0.2) is 0 Å². The Bertz CT molecular complexity index is 2070. The highest BCUT2D eigenvalue weighted by molar-refractivity contribution is 5.87. The van der Waals surface area contributed by atoms with Crippen LogP contribution < -0.4 is 10.6 Å². The van der Waals surface area contributed by atoms with Gasteiger partial charge in [-0.1, -0.05) is 76.2 Å². The summed E-state index contributed by atoms with van der Waals surface area (Å²) in [7, 11) is 2.49.